The minimum Gasteiger partial charge on any atom is -0.381 e. The summed E-state index contributed by atoms with van der Waals surface area (Å²) in [6.45, 7) is 4.57. The highest BCUT2D eigenvalue weighted by molar-refractivity contribution is 5.79. The molecule has 1 N–H and O–H groups in total. The highest BCUT2D eigenvalue weighted by Crippen LogP contribution is 2.27. The van der Waals surface area contributed by atoms with Crippen molar-refractivity contribution in [2.24, 2.45) is 5.92 Å². The number of carbonyl (C=O) groups is 2. The van der Waals surface area contributed by atoms with Gasteiger partial charge in [-0.2, -0.15) is 0 Å². The van der Waals surface area contributed by atoms with E-state index >= 15 is 0 Å². The lowest BCUT2D eigenvalue weighted by Gasteiger charge is -2.33. The Labute approximate surface area is 196 Å². The van der Waals surface area contributed by atoms with Crippen LogP contribution in [0.3, 0.4) is 0 Å². The van der Waals surface area contributed by atoms with Crippen LogP contribution in [0.5, 0.6) is 0 Å². The second-order valence-electron chi connectivity index (χ2n) is 8.87. The van der Waals surface area contributed by atoms with Gasteiger partial charge in [0.25, 0.3) is 0 Å². The first-order chi connectivity index (χ1) is 16.2. The first kappa shape index (κ1) is 23.4. The molecule has 0 spiro atoms. The summed E-state index contributed by atoms with van der Waals surface area (Å²) in [4.78, 5) is 34.5. The highest BCUT2D eigenvalue weighted by Gasteiger charge is 2.28. The molecule has 176 valence electrons. The third-order valence-corrected chi connectivity index (χ3v) is 6.60. The molecular formula is C26H34N4O3. The zero-order valence-electron chi connectivity index (χ0n) is 19.2. The predicted molar refractivity (Wildman–Crippen MR) is 126 cm³/mol. The second kappa shape index (κ2) is 11.9. The zero-order chi connectivity index (χ0) is 22.9. The largest absolute Gasteiger partial charge is 0.381 e. The Morgan fingerprint density at radius 1 is 1.03 bits per heavy atom. The monoisotopic (exact) mass is 450 g/mol. The number of ether oxygens (including phenoxy) is 1. The normalized spacial score (nSPS) is 21.8. The van der Waals surface area contributed by atoms with Gasteiger partial charge in [0.1, 0.15) is 0 Å². The summed E-state index contributed by atoms with van der Waals surface area (Å²) in [5.74, 6) is 0.251. The van der Waals surface area contributed by atoms with Gasteiger partial charge in [-0.15, -0.1) is 0 Å². The number of rotatable bonds is 4. The van der Waals surface area contributed by atoms with Crippen LogP contribution < -0.4 is 5.32 Å². The van der Waals surface area contributed by atoms with Crippen LogP contribution in [0, 0.1) is 5.92 Å². The molecule has 0 bridgehead atoms. The van der Waals surface area contributed by atoms with E-state index in [-0.39, 0.29) is 23.8 Å². The van der Waals surface area contributed by atoms with Crippen LogP contribution in [-0.4, -0.2) is 66.0 Å². The van der Waals surface area contributed by atoms with Gasteiger partial charge < -0.3 is 15.0 Å². The molecule has 2 aliphatic rings. The molecule has 2 fully saturated rings. The van der Waals surface area contributed by atoms with Gasteiger partial charge in [-0.05, 0) is 42.5 Å². The van der Waals surface area contributed by atoms with E-state index < -0.39 is 0 Å². The fourth-order valence-corrected chi connectivity index (χ4v) is 4.78. The Morgan fingerprint density at radius 2 is 1.79 bits per heavy atom. The van der Waals surface area contributed by atoms with E-state index in [0.717, 1.165) is 43.5 Å². The summed E-state index contributed by atoms with van der Waals surface area (Å²) in [6, 6.07) is 14.3. The standard InChI is InChI=1S/C26H34N4O3/c31-25-19-24(22-5-2-1-3-6-22)30(20-21-7-11-27-12-8-21)15-4-14-29(16-13-28-25)26(32)23-9-17-33-18-10-23/h1-3,5-8,11-12,23-24H,4,9-10,13-20H2,(H,28,31). The summed E-state index contributed by atoms with van der Waals surface area (Å²) >= 11 is 0. The first-order valence-corrected chi connectivity index (χ1v) is 12.0. The maximum absolute atomic E-state index is 13.2. The van der Waals surface area contributed by atoms with Crippen LogP contribution >= 0.6 is 0 Å². The van der Waals surface area contributed by atoms with Crippen molar-refractivity contribution < 1.29 is 14.3 Å². The molecule has 2 amide bonds. The van der Waals surface area contributed by atoms with Crippen LogP contribution in [0.4, 0.5) is 0 Å². The van der Waals surface area contributed by atoms with E-state index in [2.05, 4.69) is 27.3 Å². The molecule has 3 heterocycles. The average molecular weight is 451 g/mol. The number of hydrogen-bond donors (Lipinski definition) is 1. The van der Waals surface area contributed by atoms with Crippen molar-refractivity contribution in [1.29, 1.82) is 0 Å². The number of carbonyl (C=O) groups excluding carboxylic acids is 2. The predicted octanol–water partition coefficient (Wildman–Crippen LogP) is 2.79. The van der Waals surface area contributed by atoms with Gasteiger partial charge in [-0.3, -0.25) is 19.5 Å². The third-order valence-electron chi connectivity index (χ3n) is 6.60. The van der Waals surface area contributed by atoms with Crippen LogP contribution in [-0.2, 0) is 20.9 Å². The molecule has 0 saturated carbocycles. The number of benzene rings is 1. The number of amides is 2. The maximum atomic E-state index is 13.2. The molecule has 1 aromatic carbocycles. The minimum atomic E-state index is -0.0305. The van der Waals surface area contributed by atoms with Crippen molar-refractivity contribution in [2.75, 3.05) is 39.4 Å². The SMILES string of the molecule is O=C1CC(c2ccccc2)N(Cc2ccncc2)CCCN(C(=O)C2CCOCC2)CCN1. The molecule has 1 unspecified atom stereocenters. The molecule has 7 nitrogen and oxygen atoms in total. The van der Waals surface area contributed by atoms with E-state index in [1.807, 2.05) is 35.2 Å². The minimum absolute atomic E-state index is 0.0175. The van der Waals surface area contributed by atoms with E-state index in [0.29, 0.717) is 39.3 Å². The molecule has 33 heavy (non-hydrogen) atoms. The third kappa shape index (κ3) is 6.62. The fourth-order valence-electron chi connectivity index (χ4n) is 4.78. The van der Waals surface area contributed by atoms with Gasteiger partial charge in [-0.25, -0.2) is 0 Å². The summed E-state index contributed by atoms with van der Waals surface area (Å²) in [5.41, 5.74) is 2.30. The molecule has 7 heteroatoms. The van der Waals surface area contributed by atoms with Gasteiger partial charge >= 0.3 is 0 Å². The number of aromatic nitrogens is 1. The van der Waals surface area contributed by atoms with Gasteiger partial charge in [0.05, 0.1) is 0 Å². The number of hydrogen-bond acceptors (Lipinski definition) is 5. The topological polar surface area (TPSA) is 74.8 Å². The van der Waals surface area contributed by atoms with Crippen LogP contribution in [0.1, 0.15) is 42.9 Å². The van der Waals surface area contributed by atoms with Gasteiger partial charge in [0, 0.05) is 76.7 Å². The van der Waals surface area contributed by atoms with Crippen molar-refractivity contribution in [3.05, 3.63) is 66.0 Å². The summed E-state index contributed by atoms with van der Waals surface area (Å²) in [5, 5.41) is 3.06. The van der Waals surface area contributed by atoms with Crippen LogP contribution in [0.15, 0.2) is 54.9 Å². The quantitative estimate of drug-likeness (QED) is 0.775. The van der Waals surface area contributed by atoms with Crippen molar-refractivity contribution in [2.45, 2.75) is 38.3 Å². The number of nitrogens with zero attached hydrogens (tertiary/aromatic N) is 3. The molecule has 4 rings (SSSR count). The van der Waals surface area contributed by atoms with Crippen LogP contribution in [0.2, 0.25) is 0 Å². The van der Waals surface area contributed by atoms with Crippen molar-refractivity contribution in [1.82, 2.24) is 20.1 Å². The Bertz CT molecular complexity index is 887. The average Bonchev–Trinajstić information content (AvgIpc) is 2.90. The lowest BCUT2D eigenvalue weighted by molar-refractivity contribution is -0.138. The summed E-state index contributed by atoms with van der Waals surface area (Å²) < 4.78 is 5.43. The Kier molecular flexibility index (Phi) is 8.44. The Morgan fingerprint density at radius 3 is 2.55 bits per heavy atom. The summed E-state index contributed by atoms with van der Waals surface area (Å²) in [7, 11) is 0. The maximum Gasteiger partial charge on any atom is 0.225 e. The molecule has 2 aliphatic heterocycles. The Balaban J connectivity index is 1.53. The molecule has 0 radical (unpaired) electrons. The number of pyridine rings is 1. The Hall–Kier alpha value is -2.77. The van der Waals surface area contributed by atoms with E-state index in [4.69, 9.17) is 4.74 Å². The van der Waals surface area contributed by atoms with Gasteiger partial charge in [0.15, 0.2) is 0 Å². The van der Waals surface area contributed by atoms with Gasteiger partial charge in [0.2, 0.25) is 11.8 Å². The van der Waals surface area contributed by atoms with Gasteiger partial charge in [-0.1, -0.05) is 30.3 Å². The van der Waals surface area contributed by atoms with Crippen molar-refractivity contribution in [3.8, 4) is 0 Å². The van der Waals surface area contributed by atoms with E-state index in [1.54, 1.807) is 12.4 Å². The molecule has 2 saturated heterocycles. The fraction of sp³-hybridized carbons (Fsp3) is 0.500. The van der Waals surface area contributed by atoms with E-state index in [1.165, 1.54) is 0 Å². The zero-order valence-corrected chi connectivity index (χ0v) is 19.2. The molecule has 2 aromatic rings. The van der Waals surface area contributed by atoms with Crippen molar-refractivity contribution in [3.63, 3.8) is 0 Å². The smallest absolute Gasteiger partial charge is 0.225 e. The molecule has 0 aliphatic carbocycles. The van der Waals surface area contributed by atoms with Crippen molar-refractivity contribution >= 4 is 11.8 Å². The van der Waals surface area contributed by atoms with E-state index in [9.17, 15) is 9.59 Å². The second-order valence-corrected chi connectivity index (χ2v) is 8.87. The van der Waals surface area contributed by atoms with Crippen LogP contribution in [0.25, 0.3) is 0 Å². The molecule has 1 aromatic heterocycles. The molecular weight excluding hydrogens is 416 g/mol. The lowest BCUT2D eigenvalue weighted by Crippen LogP contribution is -2.43. The highest BCUT2D eigenvalue weighted by atomic mass is 16.5. The number of nitrogens with one attached hydrogen (secondary N) is 1. The summed E-state index contributed by atoms with van der Waals surface area (Å²) in [6.07, 6.45) is 6.43. The lowest BCUT2D eigenvalue weighted by atomic mass is 9.98. The molecule has 1 atom stereocenters. The first-order valence-electron chi connectivity index (χ1n) is 12.0.